The molecule has 4 aliphatic rings. The van der Waals surface area contributed by atoms with Crippen LogP contribution >= 0.6 is 12.2 Å². The van der Waals surface area contributed by atoms with E-state index in [1.54, 1.807) is 13.8 Å². The molecule has 4 unspecified atom stereocenters. The van der Waals surface area contributed by atoms with Crippen molar-refractivity contribution in [2.24, 2.45) is 28.6 Å². The van der Waals surface area contributed by atoms with E-state index in [1.807, 2.05) is 0 Å². The summed E-state index contributed by atoms with van der Waals surface area (Å²) in [6.07, 6.45) is 1.48. The Morgan fingerprint density at radius 3 is 2.68 bits per heavy atom. The Hall–Kier alpha value is -2.46. The van der Waals surface area contributed by atoms with Gasteiger partial charge in [-0.1, -0.05) is 19.9 Å². The van der Waals surface area contributed by atoms with Crippen molar-refractivity contribution in [2.45, 2.75) is 63.6 Å². The Morgan fingerprint density at radius 2 is 2.03 bits per heavy atom. The van der Waals surface area contributed by atoms with E-state index in [2.05, 4.69) is 0 Å². The number of aliphatic hydroxyl groups is 1. The van der Waals surface area contributed by atoms with Gasteiger partial charge in [0, 0.05) is 22.7 Å². The maximum Gasteiger partial charge on any atom is 0.375 e. The van der Waals surface area contributed by atoms with Crippen LogP contribution in [0.3, 0.4) is 0 Å². The molecular formula is C27H29F3O6S. The molecule has 1 N–H and O–H groups in total. The van der Waals surface area contributed by atoms with Gasteiger partial charge in [0.25, 0.3) is 0 Å². The number of fused-ring (bicyclic) bond motifs is 5. The standard InChI is InChI=1S/C27H29F3O6S/c1-14-9-16-17-11-19(29)18-10-15(31)6-7-24(18,2)26(17,30)21(32)12-25(16,3)27(14,23(37)35-13-28)36-22(33)20-5-4-8-34-20/h4-8,10,14,16-17,19,21,32H,9,11-13H2,1-3H3/t14?,16-,17-,19?,21?,24-,25-,26-,27?/m0/s1. The van der Waals surface area contributed by atoms with Gasteiger partial charge in [-0.2, -0.15) is 0 Å². The summed E-state index contributed by atoms with van der Waals surface area (Å²) in [5.74, 6) is -3.63. The van der Waals surface area contributed by atoms with Crippen LogP contribution in [0.25, 0.3) is 0 Å². The summed E-state index contributed by atoms with van der Waals surface area (Å²) in [6, 6.07) is 2.90. The number of rotatable bonds is 4. The van der Waals surface area contributed by atoms with Gasteiger partial charge in [-0.05, 0) is 74.2 Å². The zero-order valence-electron chi connectivity index (χ0n) is 20.7. The first-order chi connectivity index (χ1) is 17.4. The molecule has 3 saturated carbocycles. The number of carbonyl (C=O) groups is 2. The zero-order valence-corrected chi connectivity index (χ0v) is 21.5. The smallest absolute Gasteiger partial charge is 0.375 e. The molecule has 6 nitrogen and oxygen atoms in total. The summed E-state index contributed by atoms with van der Waals surface area (Å²) in [4.78, 5) is 25.1. The summed E-state index contributed by atoms with van der Waals surface area (Å²) in [7, 11) is 0. The van der Waals surface area contributed by atoms with Crippen LogP contribution in [0.1, 0.15) is 50.6 Å². The minimum absolute atomic E-state index is 0.0132. The number of aliphatic hydroxyl groups excluding tert-OH is 1. The van der Waals surface area contributed by atoms with Crippen LogP contribution in [0.15, 0.2) is 46.6 Å². The van der Waals surface area contributed by atoms with Crippen molar-refractivity contribution in [3.8, 4) is 0 Å². The van der Waals surface area contributed by atoms with Crippen molar-refractivity contribution < 1.29 is 41.8 Å². The molecule has 0 spiro atoms. The molecule has 0 aromatic carbocycles. The van der Waals surface area contributed by atoms with Gasteiger partial charge >= 0.3 is 5.97 Å². The highest BCUT2D eigenvalue weighted by molar-refractivity contribution is 7.80. The summed E-state index contributed by atoms with van der Waals surface area (Å²) < 4.78 is 62.8. The van der Waals surface area contributed by atoms with E-state index in [0.717, 1.165) is 6.08 Å². The maximum atomic E-state index is 17.4. The van der Waals surface area contributed by atoms with Gasteiger partial charge in [-0.3, -0.25) is 4.79 Å². The molecule has 3 fully saturated rings. The number of hydrogen-bond acceptors (Lipinski definition) is 7. The third kappa shape index (κ3) is 3.24. The quantitative estimate of drug-likeness (QED) is 0.426. The number of hydrogen-bond donors (Lipinski definition) is 1. The van der Waals surface area contributed by atoms with Gasteiger partial charge in [0.1, 0.15) is 6.17 Å². The van der Waals surface area contributed by atoms with Crippen molar-refractivity contribution in [3.63, 3.8) is 0 Å². The number of furan rings is 1. The van der Waals surface area contributed by atoms with E-state index in [0.29, 0.717) is 0 Å². The lowest BCUT2D eigenvalue weighted by Gasteiger charge is -2.63. The highest BCUT2D eigenvalue weighted by Gasteiger charge is 2.78. The average Bonchev–Trinajstić information content (AvgIpc) is 3.45. The maximum absolute atomic E-state index is 17.4. The molecular weight excluding hydrogens is 509 g/mol. The van der Waals surface area contributed by atoms with Crippen LogP contribution in [0, 0.1) is 28.6 Å². The summed E-state index contributed by atoms with van der Waals surface area (Å²) in [6.45, 7) is 3.67. The Kier molecular flexibility index (Phi) is 6.03. The van der Waals surface area contributed by atoms with E-state index in [9.17, 15) is 19.1 Å². The minimum Gasteiger partial charge on any atom is -0.457 e. The monoisotopic (exact) mass is 538 g/mol. The molecule has 10 heteroatoms. The second kappa shape index (κ2) is 8.53. The molecule has 5 rings (SSSR count). The summed E-state index contributed by atoms with van der Waals surface area (Å²) in [5.41, 5.74) is -6.82. The van der Waals surface area contributed by atoms with Crippen LogP contribution in [-0.4, -0.2) is 52.3 Å². The molecule has 37 heavy (non-hydrogen) atoms. The van der Waals surface area contributed by atoms with Crippen LogP contribution in [0.2, 0.25) is 0 Å². The fourth-order valence-electron chi connectivity index (χ4n) is 7.97. The number of allylic oxidation sites excluding steroid dienone is 4. The lowest BCUT2D eigenvalue weighted by molar-refractivity contribution is -0.216. The third-order valence-corrected chi connectivity index (χ3v) is 10.1. The van der Waals surface area contributed by atoms with E-state index in [4.69, 9.17) is 26.1 Å². The predicted molar refractivity (Wildman–Crippen MR) is 130 cm³/mol. The first-order valence-corrected chi connectivity index (χ1v) is 12.7. The van der Waals surface area contributed by atoms with Gasteiger partial charge in [0.05, 0.1) is 12.4 Å². The molecule has 0 bridgehead atoms. The molecule has 0 aliphatic heterocycles. The van der Waals surface area contributed by atoms with Crippen LogP contribution < -0.4 is 0 Å². The molecule has 0 amide bonds. The molecule has 4 aliphatic carbocycles. The zero-order chi connectivity index (χ0) is 27.0. The number of ketones is 1. The average molecular weight is 539 g/mol. The van der Waals surface area contributed by atoms with E-state index in [1.165, 1.54) is 37.5 Å². The highest BCUT2D eigenvalue weighted by atomic mass is 32.1. The number of ether oxygens (including phenoxy) is 2. The third-order valence-electron chi connectivity index (χ3n) is 9.63. The molecule has 0 radical (unpaired) electrons. The number of halogens is 3. The number of alkyl halides is 3. The van der Waals surface area contributed by atoms with Gasteiger partial charge in [-0.15, -0.1) is 0 Å². The molecule has 200 valence electrons. The molecule has 0 saturated heterocycles. The SMILES string of the molecule is CC1C[C@H]2[C@@H]3CC(F)C4=CC(=O)C=C[C@]4(C)[C@@]3(F)C(O)C[C@]2(C)C1(OC(=O)c1ccco1)C(=S)OCF. The first kappa shape index (κ1) is 26.2. The normalized spacial score (nSPS) is 44.4. The highest BCUT2D eigenvalue weighted by Crippen LogP contribution is 2.71. The van der Waals surface area contributed by atoms with E-state index in [-0.39, 0.29) is 35.6 Å². The van der Waals surface area contributed by atoms with Crippen LogP contribution in [-0.2, 0) is 14.3 Å². The Morgan fingerprint density at radius 1 is 1.30 bits per heavy atom. The molecule has 1 aromatic rings. The van der Waals surface area contributed by atoms with Gasteiger partial charge in [0.2, 0.25) is 17.7 Å². The van der Waals surface area contributed by atoms with Crippen molar-refractivity contribution >= 4 is 29.0 Å². The van der Waals surface area contributed by atoms with Crippen molar-refractivity contribution in [1.29, 1.82) is 0 Å². The van der Waals surface area contributed by atoms with E-state index >= 15 is 8.78 Å². The Bertz CT molecular complexity index is 1200. The molecule has 1 heterocycles. The lowest BCUT2D eigenvalue weighted by atomic mass is 9.44. The predicted octanol–water partition coefficient (Wildman–Crippen LogP) is 5.01. The summed E-state index contributed by atoms with van der Waals surface area (Å²) >= 11 is 5.48. The van der Waals surface area contributed by atoms with E-state index < -0.39 is 70.7 Å². The van der Waals surface area contributed by atoms with Gasteiger partial charge in [0.15, 0.2) is 17.1 Å². The van der Waals surface area contributed by atoms with Gasteiger partial charge < -0.3 is 19.0 Å². The second-order valence-electron chi connectivity index (χ2n) is 11.1. The van der Waals surface area contributed by atoms with Crippen LogP contribution in [0.5, 0.6) is 0 Å². The van der Waals surface area contributed by atoms with Crippen molar-refractivity contribution in [2.75, 3.05) is 6.86 Å². The Labute approximate surface area is 217 Å². The fraction of sp³-hybridized carbons (Fsp3) is 0.593. The van der Waals surface area contributed by atoms with Gasteiger partial charge in [-0.25, -0.2) is 18.0 Å². The fourth-order valence-corrected chi connectivity index (χ4v) is 8.49. The first-order valence-electron chi connectivity index (χ1n) is 12.3. The minimum atomic E-state index is -2.31. The lowest BCUT2D eigenvalue weighted by Crippen LogP contribution is -2.71. The number of esters is 1. The molecule has 1 aromatic heterocycles. The number of carbonyl (C=O) groups excluding carboxylic acids is 2. The molecule has 9 atom stereocenters. The number of thiocarbonyl (C=S) groups is 1. The van der Waals surface area contributed by atoms with Crippen molar-refractivity contribution in [1.82, 2.24) is 0 Å². The summed E-state index contributed by atoms with van der Waals surface area (Å²) in [5, 5.41) is 11.2. The largest absolute Gasteiger partial charge is 0.457 e. The second-order valence-corrected chi connectivity index (χ2v) is 11.5. The van der Waals surface area contributed by atoms with Crippen LogP contribution in [0.4, 0.5) is 13.2 Å². The Balaban J connectivity index is 1.64. The van der Waals surface area contributed by atoms with Crippen molar-refractivity contribution in [3.05, 3.63) is 48.0 Å². The topological polar surface area (TPSA) is 86.0 Å².